The molecule has 2 aromatic rings. The number of fused-ring (bicyclic) bond motifs is 1. The van der Waals surface area contributed by atoms with E-state index in [1.54, 1.807) is 11.4 Å². The van der Waals surface area contributed by atoms with E-state index in [0.717, 1.165) is 10.7 Å². The maximum Gasteiger partial charge on any atom is 0.350 e. The second-order valence-corrected chi connectivity index (χ2v) is 4.07. The van der Waals surface area contributed by atoms with Crippen LogP contribution in [0, 0.1) is 13.8 Å². The number of ether oxygens (including phenoxy) is 1. The topological polar surface area (TPSA) is 56.5 Å². The summed E-state index contributed by atoms with van der Waals surface area (Å²) in [5.41, 5.74) is 0.786. The Morgan fingerprint density at radius 1 is 1.53 bits per heavy atom. The first-order valence-electron chi connectivity index (χ1n) is 4.63. The summed E-state index contributed by atoms with van der Waals surface area (Å²) in [5.74, 6) is 0.407. The monoisotopic (exact) mass is 225 g/mol. The lowest BCUT2D eigenvalue weighted by Crippen LogP contribution is -2.05. The lowest BCUT2D eigenvalue weighted by molar-refractivity contribution is 0.0530. The number of carbonyl (C=O) groups is 1. The van der Waals surface area contributed by atoms with Crippen molar-refractivity contribution in [1.29, 1.82) is 0 Å². The number of hydrogen-bond donors (Lipinski definition) is 0. The molecule has 0 fully saturated rings. The zero-order chi connectivity index (χ0) is 11.0. The van der Waals surface area contributed by atoms with Gasteiger partial charge in [0.2, 0.25) is 4.96 Å². The Labute approximate surface area is 90.7 Å². The number of aryl methyl sites for hydroxylation is 2. The summed E-state index contributed by atoms with van der Waals surface area (Å²) in [6.45, 7) is 5.83. The van der Waals surface area contributed by atoms with E-state index < -0.39 is 0 Å². The summed E-state index contributed by atoms with van der Waals surface area (Å²) in [4.78, 5) is 17.0. The molecule has 0 bridgehead atoms. The molecule has 2 aromatic heterocycles. The highest BCUT2D eigenvalue weighted by Crippen LogP contribution is 2.21. The Morgan fingerprint density at radius 3 is 2.87 bits per heavy atom. The molecular formula is C9H11N3O2S. The number of aromatic nitrogens is 3. The van der Waals surface area contributed by atoms with Crippen molar-refractivity contribution in [3.63, 3.8) is 0 Å². The highest BCUT2D eigenvalue weighted by atomic mass is 32.1. The standard InChI is InChI=1S/C9H11N3O2S/c1-4-14-8(13)7-5(2)12-9(15-7)10-6(3)11-12/h4H2,1-3H3. The average molecular weight is 225 g/mol. The van der Waals surface area contributed by atoms with Gasteiger partial charge in [0.15, 0.2) is 0 Å². The van der Waals surface area contributed by atoms with Gasteiger partial charge in [-0.15, -0.1) is 0 Å². The minimum atomic E-state index is -0.301. The van der Waals surface area contributed by atoms with E-state index in [2.05, 4.69) is 10.1 Å². The predicted molar refractivity (Wildman–Crippen MR) is 56.3 cm³/mol. The fourth-order valence-corrected chi connectivity index (χ4v) is 2.33. The largest absolute Gasteiger partial charge is 0.462 e. The first-order chi connectivity index (χ1) is 7.13. The number of rotatable bonds is 2. The number of carbonyl (C=O) groups excluding carboxylic acids is 1. The maximum absolute atomic E-state index is 11.5. The predicted octanol–water partition coefficient (Wildman–Crippen LogP) is 1.58. The smallest absolute Gasteiger partial charge is 0.350 e. The van der Waals surface area contributed by atoms with Crippen LogP contribution in [0.25, 0.3) is 4.96 Å². The van der Waals surface area contributed by atoms with E-state index in [1.807, 2.05) is 13.8 Å². The Hall–Kier alpha value is -1.43. The summed E-state index contributed by atoms with van der Waals surface area (Å²) in [5, 5.41) is 4.18. The third-order valence-corrected chi connectivity index (χ3v) is 3.10. The van der Waals surface area contributed by atoms with E-state index in [1.165, 1.54) is 11.3 Å². The van der Waals surface area contributed by atoms with Crippen LogP contribution in [0.5, 0.6) is 0 Å². The summed E-state index contributed by atoms with van der Waals surface area (Å²) in [6.07, 6.45) is 0. The van der Waals surface area contributed by atoms with E-state index >= 15 is 0 Å². The molecule has 15 heavy (non-hydrogen) atoms. The Bertz CT molecular complexity index is 515. The van der Waals surface area contributed by atoms with Crippen LogP contribution < -0.4 is 0 Å². The molecule has 2 rings (SSSR count). The molecule has 0 radical (unpaired) electrons. The van der Waals surface area contributed by atoms with Gasteiger partial charge in [0, 0.05) is 0 Å². The van der Waals surface area contributed by atoms with Gasteiger partial charge in [-0.3, -0.25) is 0 Å². The SMILES string of the molecule is CCOC(=O)c1sc2nc(C)nn2c1C. The highest BCUT2D eigenvalue weighted by molar-refractivity contribution is 7.18. The van der Waals surface area contributed by atoms with Crippen molar-refractivity contribution in [2.24, 2.45) is 0 Å². The van der Waals surface area contributed by atoms with Crippen molar-refractivity contribution in [2.75, 3.05) is 6.61 Å². The molecule has 0 aliphatic rings. The van der Waals surface area contributed by atoms with Crippen LogP contribution in [0.2, 0.25) is 0 Å². The zero-order valence-electron chi connectivity index (χ0n) is 8.77. The molecule has 0 amide bonds. The molecular weight excluding hydrogens is 214 g/mol. The number of nitrogens with zero attached hydrogens (tertiary/aromatic N) is 3. The van der Waals surface area contributed by atoms with Gasteiger partial charge in [-0.25, -0.2) is 14.3 Å². The van der Waals surface area contributed by atoms with Crippen molar-refractivity contribution < 1.29 is 9.53 Å². The van der Waals surface area contributed by atoms with Crippen LogP contribution in [-0.2, 0) is 4.74 Å². The summed E-state index contributed by atoms with van der Waals surface area (Å²) in [7, 11) is 0. The van der Waals surface area contributed by atoms with Crippen LogP contribution in [0.1, 0.15) is 28.1 Å². The molecule has 5 nitrogen and oxygen atoms in total. The average Bonchev–Trinajstić information content (AvgIpc) is 2.66. The fraction of sp³-hybridized carbons (Fsp3) is 0.444. The zero-order valence-corrected chi connectivity index (χ0v) is 9.59. The van der Waals surface area contributed by atoms with Crippen LogP contribution in [0.3, 0.4) is 0 Å². The van der Waals surface area contributed by atoms with E-state index in [4.69, 9.17) is 4.74 Å². The van der Waals surface area contributed by atoms with Crippen molar-refractivity contribution in [1.82, 2.24) is 14.6 Å². The Balaban J connectivity index is 2.49. The van der Waals surface area contributed by atoms with Gasteiger partial charge in [-0.05, 0) is 20.8 Å². The van der Waals surface area contributed by atoms with Crippen molar-refractivity contribution in [3.05, 3.63) is 16.4 Å². The molecule has 0 aliphatic heterocycles. The van der Waals surface area contributed by atoms with Gasteiger partial charge in [-0.1, -0.05) is 11.3 Å². The lowest BCUT2D eigenvalue weighted by Gasteiger charge is -1.98. The van der Waals surface area contributed by atoms with Gasteiger partial charge in [0.1, 0.15) is 10.7 Å². The van der Waals surface area contributed by atoms with Gasteiger partial charge in [0.25, 0.3) is 0 Å². The van der Waals surface area contributed by atoms with Gasteiger partial charge < -0.3 is 4.74 Å². The first kappa shape index (κ1) is 10.1. The van der Waals surface area contributed by atoms with Crippen molar-refractivity contribution in [2.45, 2.75) is 20.8 Å². The highest BCUT2D eigenvalue weighted by Gasteiger charge is 2.18. The molecule has 0 spiro atoms. The number of hydrogen-bond acceptors (Lipinski definition) is 5. The van der Waals surface area contributed by atoms with Crippen LogP contribution in [-0.4, -0.2) is 27.2 Å². The number of thiazole rings is 1. The molecule has 0 saturated heterocycles. The molecule has 0 aliphatic carbocycles. The second-order valence-electron chi connectivity index (χ2n) is 3.09. The molecule has 2 heterocycles. The van der Waals surface area contributed by atoms with Gasteiger partial charge >= 0.3 is 5.97 Å². The van der Waals surface area contributed by atoms with E-state index in [-0.39, 0.29) is 5.97 Å². The second kappa shape index (κ2) is 3.62. The minimum Gasteiger partial charge on any atom is -0.462 e. The molecule has 0 atom stereocenters. The normalized spacial score (nSPS) is 10.9. The van der Waals surface area contributed by atoms with Crippen molar-refractivity contribution >= 4 is 22.3 Å². The van der Waals surface area contributed by atoms with Gasteiger partial charge in [0.05, 0.1) is 12.3 Å². The van der Waals surface area contributed by atoms with E-state index in [0.29, 0.717) is 17.3 Å². The molecule has 0 unspecified atom stereocenters. The summed E-state index contributed by atoms with van der Waals surface area (Å²) in [6, 6.07) is 0. The number of esters is 1. The van der Waals surface area contributed by atoms with Gasteiger partial charge in [-0.2, -0.15) is 5.10 Å². The van der Waals surface area contributed by atoms with Crippen LogP contribution in [0.4, 0.5) is 0 Å². The molecule has 0 aromatic carbocycles. The third-order valence-electron chi connectivity index (χ3n) is 1.98. The van der Waals surface area contributed by atoms with E-state index in [9.17, 15) is 4.79 Å². The molecule has 0 N–H and O–H groups in total. The van der Waals surface area contributed by atoms with Crippen LogP contribution in [0.15, 0.2) is 0 Å². The molecule has 6 heteroatoms. The Kier molecular flexibility index (Phi) is 2.44. The Morgan fingerprint density at radius 2 is 2.27 bits per heavy atom. The minimum absolute atomic E-state index is 0.301. The molecule has 80 valence electrons. The lowest BCUT2D eigenvalue weighted by atomic mass is 10.4. The quantitative estimate of drug-likeness (QED) is 0.728. The maximum atomic E-state index is 11.5. The summed E-state index contributed by atoms with van der Waals surface area (Å²) >= 11 is 1.31. The fourth-order valence-electron chi connectivity index (χ4n) is 1.33. The van der Waals surface area contributed by atoms with Crippen molar-refractivity contribution in [3.8, 4) is 0 Å². The summed E-state index contributed by atoms with van der Waals surface area (Å²) < 4.78 is 6.61. The first-order valence-corrected chi connectivity index (χ1v) is 5.45. The van der Waals surface area contributed by atoms with Crippen LogP contribution >= 0.6 is 11.3 Å². The molecule has 0 saturated carbocycles. The third kappa shape index (κ3) is 1.61.